The van der Waals surface area contributed by atoms with Crippen LogP contribution < -0.4 is 4.74 Å². The summed E-state index contributed by atoms with van der Waals surface area (Å²) in [6.07, 6.45) is 2.77. The summed E-state index contributed by atoms with van der Waals surface area (Å²) in [6, 6.07) is 7.00. The Balaban J connectivity index is 1.77. The van der Waals surface area contributed by atoms with Crippen molar-refractivity contribution in [3.05, 3.63) is 29.8 Å². The highest BCUT2D eigenvalue weighted by molar-refractivity contribution is 5.80. The molecule has 1 aromatic carbocycles. The molecule has 1 aliphatic rings. The standard InChI is InChI=1S/C19H27NO6/c1-14(25-12-17-5-3-4-10-24-17)19(23)20(2)11-15-6-8-16(9-7-15)26-13-18(21)22/h6-9,14,17H,3-5,10-13H2,1-2H3,(H,21,22). The molecule has 1 aliphatic heterocycles. The summed E-state index contributed by atoms with van der Waals surface area (Å²) in [5, 5.41) is 8.60. The number of rotatable bonds is 9. The Morgan fingerprint density at radius 2 is 2.04 bits per heavy atom. The van der Waals surface area contributed by atoms with Crippen molar-refractivity contribution >= 4 is 11.9 Å². The lowest BCUT2D eigenvalue weighted by Crippen LogP contribution is -2.37. The predicted octanol–water partition coefficient (Wildman–Crippen LogP) is 2.08. The largest absolute Gasteiger partial charge is 0.482 e. The Morgan fingerprint density at radius 3 is 2.65 bits per heavy atom. The Hall–Kier alpha value is -2.12. The summed E-state index contributed by atoms with van der Waals surface area (Å²) in [6.45, 7) is 3.02. The number of carbonyl (C=O) groups is 2. The van der Waals surface area contributed by atoms with Crippen LogP contribution in [0.3, 0.4) is 0 Å². The number of ether oxygens (including phenoxy) is 3. The number of likely N-dealkylation sites (N-methyl/N-ethyl adjacent to an activating group) is 1. The number of aliphatic carboxylic acids is 1. The molecule has 1 aromatic rings. The van der Waals surface area contributed by atoms with Gasteiger partial charge in [0, 0.05) is 20.2 Å². The molecule has 2 unspecified atom stereocenters. The van der Waals surface area contributed by atoms with Crippen molar-refractivity contribution in [3.8, 4) is 5.75 Å². The molecular weight excluding hydrogens is 338 g/mol. The maximum Gasteiger partial charge on any atom is 0.341 e. The molecule has 0 radical (unpaired) electrons. The van der Waals surface area contributed by atoms with Crippen molar-refractivity contribution in [2.45, 2.75) is 44.9 Å². The molecule has 7 heteroatoms. The second-order valence-electron chi connectivity index (χ2n) is 6.48. The summed E-state index contributed by atoms with van der Waals surface area (Å²) in [5.41, 5.74) is 0.923. The van der Waals surface area contributed by atoms with Gasteiger partial charge in [0.25, 0.3) is 5.91 Å². The summed E-state index contributed by atoms with van der Waals surface area (Å²) in [4.78, 5) is 24.5. The average Bonchev–Trinajstić information content (AvgIpc) is 2.65. The van der Waals surface area contributed by atoms with Crippen LogP contribution in [0.25, 0.3) is 0 Å². The van der Waals surface area contributed by atoms with Gasteiger partial charge in [-0.25, -0.2) is 4.79 Å². The molecule has 1 saturated heterocycles. The smallest absolute Gasteiger partial charge is 0.341 e. The van der Waals surface area contributed by atoms with Crippen LogP contribution in [-0.4, -0.2) is 61.0 Å². The van der Waals surface area contributed by atoms with Crippen LogP contribution in [0.15, 0.2) is 24.3 Å². The van der Waals surface area contributed by atoms with Crippen molar-refractivity contribution < 1.29 is 28.9 Å². The number of amides is 1. The first kappa shape index (κ1) is 20.2. The van der Waals surface area contributed by atoms with Gasteiger partial charge >= 0.3 is 5.97 Å². The minimum atomic E-state index is -1.02. The maximum atomic E-state index is 12.4. The number of hydrogen-bond donors (Lipinski definition) is 1. The molecule has 1 amide bonds. The van der Waals surface area contributed by atoms with E-state index < -0.39 is 12.1 Å². The van der Waals surface area contributed by atoms with Gasteiger partial charge in [0.2, 0.25) is 0 Å². The van der Waals surface area contributed by atoms with E-state index in [2.05, 4.69) is 0 Å². The molecule has 26 heavy (non-hydrogen) atoms. The molecule has 144 valence electrons. The van der Waals surface area contributed by atoms with Gasteiger partial charge in [-0.15, -0.1) is 0 Å². The van der Waals surface area contributed by atoms with Gasteiger partial charge in [0.1, 0.15) is 11.9 Å². The molecule has 7 nitrogen and oxygen atoms in total. The molecule has 2 atom stereocenters. The minimum absolute atomic E-state index is 0.0858. The van der Waals surface area contributed by atoms with E-state index in [4.69, 9.17) is 19.3 Å². The highest BCUT2D eigenvalue weighted by atomic mass is 16.5. The fourth-order valence-electron chi connectivity index (χ4n) is 2.76. The van der Waals surface area contributed by atoms with Crippen molar-refractivity contribution in [3.63, 3.8) is 0 Å². The molecule has 0 bridgehead atoms. The fourth-order valence-corrected chi connectivity index (χ4v) is 2.76. The Bertz CT molecular complexity index is 582. The van der Waals surface area contributed by atoms with Crippen molar-refractivity contribution in [1.82, 2.24) is 4.90 Å². The van der Waals surface area contributed by atoms with Crippen LogP contribution in [0, 0.1) is 0 Å². The highest BCUT2D eigenvalue weighted by Gasteiger charge is 2.21. The van der Waals surface area contributed by atoms with E-state index in [1.54, 1.807) is 31.0 Å². The van der Waals surface area contributed by atoms with E-state index in [9.17, 15) is 9.59 Å². The van der Waals surface area contributed by atoms with Crippen LogP contribution >= 0.6 is 0 Å². The zero-order chi connectivity index (χ0) is 18.9. The van der Waals surface area contributed by atoms with Crippen LogP contribution in [0.4, 0.5) is 0 Å². The van der Waals surface area contributed by atoms with Gasteiger partial charge < -0.3 is 24.2 Å². The highest BCUT2D eigenvalue weighted by Crippen LogP contribution is 2.15. The van der Waals surface area contributed by atoms with Gasteiger partial charge in [-0.1, -0.05) is 12.1 Å². The first-order valence-electron chi connectivity index (χ1n) is 8.87. The van der Waals surface area contributed by atoms with E-state index in [0.717, 1.165) is 31.4 Å². The van der Waals surface area contributed by atoms with E-state index in [0.29, 0.717) is 18.9 Å². The van der Waals surface area contributed by atoms with E-state index in [1.807, 2.05) is 12.1 Å². The van der Waals surface area contributed by atoms with Crippen LogP contribution in [0.5, 0.6) is 5.75 Å². The molecule has 1 N–H and O–H groups in total. The van der Waals surface area contributed by atoms with Crippen LogP contribution in [-0.2, 0) is 25.6 Å². The van der Waals surface area contributed by atoms with Gasteiger partial charge in [0.15, 0.2) is 6.61 Å². The monoisotopic (exact) mass is 365 g/mol. The predicted molar refractivity (Wildman–Crippen MR) is 95.1 cm³/mol. The van der Waals surface area contributed by atoms with Gasteiger partial charge in [-0.2, -0.15) is 0 Å². The van der Waals surface area contributed by atoms with Crippen molar-refractivity contribution in [2.75, 3.05) is 26.9 Å². The average molecular weight is 365 g/mol. The molecular formula is C19H27NO6. The third kappa shape index (κ3) is 6.65. The minimum Gasteiger partial charge on any atom is -0.482 e. The molecule has 0 aliphatic carbocycles. The summed E-state index contributed by atoms with van der Waals surface area (Å²) < 4.78 is 16.4. The summed E-state index contributed by atoms with van der Waals surface area (Å²) in [7, 11) is 1.73. The number of carboxylic acids is 1. The SMILES string of the molecule is CC(OCC1CCCCO1)C(=O)N(C)Cc1ccc(OCC(=O)O)cc1. The summed E-state index contributed by atoms with van der Waals surface area (Å²) in [5.74, 6) is -0.631. The zero-order valence-corrected chi connectivity index (χ0v) is 15.3. The first-order valence-corrected chi connectivity index (χ1v) is 8.87. The first-order chi connectivity index (χ1) is 12.5. The van der Waals surface area contributed by atoms with Crippen LogP contribution in [0.2, 0.25) is 0 Å². The molecule has 0 saturated carbocycles. The number of carbonyl (C=O) groups excluding carboxylic acids is 1. The third-order valence-corrected chi connectivity index (χ3v) is 4.24. The lowest BCUT2D eigenvalue weighted by molar-refractivity contribution is -0.145. The second kappa shape index (κ2) is 10.1. The lowest BCUT2D eigenvalue weighted by Gasteiger charge is -2.26. The van der Waals surface area contributed by atoms with Gasteiger partial charge in [0.05, 0.1) is 12.7 Å². The Labute approximate surface area is 153 Å². The van der Waals surface area contributed by atoms with Crippen molar-refractivity contribution in [1.29, 1.82) is 0 Å². The summed E-state index contributed by atoms with van der Waals surface area (Å²) >= 11 is 0. The number of hydrogen-bond acceptors (Lipinski definition) is 5. The van der Waals surface area contributed by atoms with Gasteiger partial charge in [-0.3, -0.25) is 4.79 Å². The lowest BCUT2D eigenvalue weighted by atomic mass is 10.1. The number of nitrogens with zero attached hydrogens (tertiary/aromatic N) is 1. The van der Waals surface area contributed by atoms with Crippen molar-refractivity contribution in [2.24, 2.45) is 0 Å². The second-order valence-corrected chi connectivity index (χ2v) is 6.48. The van der Waals surface area contributed by atoms with E-state index in [-0.39, 0.29) is 18.6 Å². The topological polar surface area (TPSA) is 85.3 Å². The maximum absolute atomic E-state index is 12.4. The number of benzene rings is 1. The molecule has 1 heterocycles. The Kier molecular flexibility index (Phi) is 7.87. The molecule has 1 fully saturated rings. The molecule has 0 aromatic heterocycles. The zero-order valence-electron chi connectivity index (χ0n) is 15.3. The third-order valence-electron chi connectivity index (χ3n) is 4.24. The van der Waals surface area contributed by atoms with E-state index in [1.165, 1.54) is 0 Å². The van der Waals surface area contributed by atoms with E-state index >= 15 is 0 Å². The van der Waals surface area contributed by atoms with Gasteiger partial charge in [-0.05, 0) is 43.9 Å². The normalized spacial score (nSPS) is 18.2. The van der Waals surface area contributed by atoms with Crippen LogP contribution in [0.1, 0.15) is 31.7 Å². The number of carboxylic acid groups (broad SMARTS) is 1. The fraction of sp³-hybridized carbons (Fsp3) is 0.579. The molecule has 2 rings (SSSR count). The quantitative estimate of drug-likeness (QED) is 0.721. The Morgan fingerprint density at radius 1 is 1.31 bits per heavy atom. The molecule has 0 spiro atoms.